The van der Waals surface area contributed by atoms with Gasteiger partial charge in [-0.3, -0.25) is 10.2 Å². The van der Waals surface area contributed by atoms with E-state index in [0.717, 1.165) is 35.3 Å². The Morgan fingerprint density at radius 2 is 1.63 bits per heavy atom. The van der Waals surface area contributed by atoms with Gasteiger partial charge >= 0.3 is 0 Å². The number of likely N-dealkylation sites (tertiary alicyclic amines) is 1. The maximum atomic E-state index is 13.6. The number of rotatable bonds is 10. The quantitative estimate of drug-likeness (QED) is 0.247. The first-order chi connectivity index (χ1) is 17.8. The minimum Gasteiger partial charge on any atom is -0.507 e. The Morgan fingerprint density at radius 1 is 1.05 bits per heavy atom. The molecular formula is C32H46N2O4. The van der Waals surface area contributed by atoms with Gasteiger partial charge in [-0.25, -0.2) is 0 Å². The molecule has 1 saturated heterocycles. The highest BCUT2D eigenvalue weighted by molar-refractivity contribution is 6.01. The van der Waals surface area contributed by atoms with Gasteiger partial charge in [0.05, 0.1) is 13.2 Å². The van der Waals surface area contributed by atoms with E-state index < -0.39 is 0 Å². The zero-order chi connectivity index (χ0) is 28.3. The van der Waals surface area contributed by atoms with Crippen LogP contribution in [0.5, 0.6) is 11.5 Å². The Bertz CT molecular complexity index is 1090. The van der Waals surface area contributed by atoms with Gasteiger partial charge in [0, 0.05) is 42.2 Å². The summed E-state index contributed by atoms with van der Waals surface area (Å²) >= 11 is 0. The second-order valence-corrected chi connectivity index (χ2v) is 12.6. The highest BCUT2D eigenvalue weighted by atomic mass is 16.5. The molecule has 2 aromatic rings. The molecule has 38 heavy (non-hydrogen) atoms. The fourth-order valence-electron chi connectivity index (χ4n) is 5.34. The summed E-state index contributed by atoms with van der Waals surface area (Å²) in [5.41, 5.74) is 2.57. The summed E-state index contributed by atoms with van der Waals surface area (Å²) in [6.07, 6.45) is 2.58. The van der Waals surface area contributed by atoms with Crippen molar-refractivity contribution in [3.05, 3.63) is 58.7 Å². The van der Waals surface area contributed by atoms with E-state index in [9.17, 15) is 9.90 Å². The van der Waals surface area contributed by atoms with Crippen LogP contribution in [0.15, 0.2) is 36.4 Å². The van der Waals surface area contributed by atoms with Gasteiger partial charge < -0.3 is 19.8 Å². The number of aliphatic hydroxyl groups excluding tert-OH is 1. The number of amidine groups is 1. The number of nitrogens with zero attached hydrogens (tertiary/aromatic N) is 1. The molecule has 0 aromatic heterocycles. The van der Waals surface area contributed by atoms with Gasteiger partial charge in [0.25, 0.3) is 0 Å². The summed E-state index contributed by atoms with van der Waals surface area (Å²) in [6.45, 7) is 15.8. The molecule has 6 nitrogen and oxygen atoms in total. The number of ether oxygens (including phenoxy) is 1. The third kappa shape index (κ3) is 6.76. The first-order valence-corrected chi connectivity index (χ1v) is 13.9. The van der Waals surface area contributed by atoms with Crippen LogP contribution in [-0.2, 0) is 10.8 Å². The van der Waals surface area contributed by atoms with Crippen LogP contribution in [0.4, 0.5) is 0 Å². The lowest BCUT2D eigenvalue weighted by atomic mass is 9.78. The van der Waals surface area contributed by atoms with Crippen molar-refractivity contribution < 1.29 is 19.7 Å². The van der Waals surface area contributed by atoms with Crippen molar-refractivity contribution in [3.8, 4) is 11.5 Å². The number of hydrogen-bond donors (Lipinski definition) is 3. The molecular weight excluding hydrogens is 476 g/mol. The van der Waals surface area contributed by atoms with Gasteiger partial charge in [-0.1, -0.05) is 67.0 Å². The number of nitrogens with one attached hydrogen (secondary N) is 1. The predicted molar refractivity (Wildman–Crippen MR) is 154 cm³/mol. The standard InChI is InChI=1S/C32H46N2O4/c1-8-10-22-19-34(30(33)28(22)21-11-13-24(14-12-21)38-16-9-15-35)20-27(36)23-17-25(31(2,3)4)29(37)26(18-23)32(5,6)7/h11-14,17-18,22,28,33,35,37H,8-10,15-16,19-20H2,1-7H3. The van der Waals surface area contributed by atoms with Crippen LogP contribution in [0.25, 0.3) is 0 Å². The van der Waals surface area contributed by atoms with Crippen LogP contribution >= 0.6 is 0 Å². The minimum atomic E-state index is -0.313. The summed E-state index contributed by atoms with van der Waals surface area (Å²) in [5, 5.41) is 29.1. The maximum absolute atomic E-state index is 13.6. The number of hydrogen-bond acceptors (Lipinski definition) is 5. The maximum Gasteiger partial charge on any atom is 0.182 e. The van der Waals surface area contributed by atoms with Crippen LogP contribution in [-0.4, -0.2) is 53.0 Å². The van der Waals surface area contributed by atoms with Gasteiger partial charge in [0.1, 0.15) is 17.3 Å². The summed E-state index contributed by atoms with van der Waals surface area (Å²) < 4.78 is 5.68. The summed E-state index contributed by atoms with van der Waals surface area (Å²) in [6, 6.07) is 11.6. The van der Waals surface area contributed by atoms with E-state index >= 15 is 0 Å². The normalized spacial score (nSPS) is 18.2. The van der Waals surface area contributed by atoms with E-state index in [2.05, 4.69) is 6.92 Å². The van der Waals surface area contributed by atoms with Crippen molar-refractivity contribution in [3.63, 3.8) is 0 Å². The molecule has 208 valence electrons. The van der Waals surface area contributed by atoms with Crippen LogP contribution in [0.3, 0.4) is 0 Å². The number of ketones is 1. The molecule has 2 atom stereocenters. The lowest BCUT2D eigenvalue weighted by Gasteiger charge is -2.28. The number of carbonyl (C=O) groups is 1. The molecule has 1 heterocycles. The molecule has 0 spiro atoms. The van der Waals surface area contributed by atoms with E-state index in [-0.39, 0.29) is 47.4 Å². The zero-order valence-corrected chi connectivity index (χ0v) is 24.2. The monoisotopic (exact) mass is 522 g/mol. The highest BCUT2D eigenvalue weighted by Gasteiger charge is 2.39. The van der Waals surface area contributed by atoms with E-state index in [1.54, 1.807) is 0 Å². The molecule has 3 rings (SSSR count). The average Bonchev–Trinajstić information content (AvgIpc) is 3.13. The number of aliphatic hydroxyl groups is 1. The van der Waals surface area contributed by atoms with Crippen molar-refractivity contribution in [1.82, 2.24) is 4.90 Å². The number of aromatic hydroxyl groups is 1. The molecule has 0 amide bonds. The molecule has 0 radical (unpaired) electrons. The van der Waals surface area contributed by atoms with Gasteiger partial charge in [-0.05, 0) is 53.0 Å². The number of Topliss-reactive ketones (excluding diaryl/α,β-unsaturated/α-hetero) is 1. The first-order valence-electron chi connectivity index (χ1n) is 13.9. The topological polar surface area (TPSA) is 93.9 Å². The van der Waals surface area contributed by atoms with E-state index in [0.29, 0.717) is 31.0 Å². The summed E-state index contributed by atoms with van der Waals surface area (Å²) in [5.74, 6) is 1.66. The number of phenols is 1. The van der Waals surface area contributed by atoms with Gasteiger partial charge in [0.15, 0.2) is 5.78 Å². The Kier molecular flexibility index (Phi) is 9.30. The Labute approximate surface area is 228 Å². The van der Waals surface area contributed by atoms with E-state index in [1.165, 1.54) is 0 Å². The SMILES string of the molecule is CCCC1CN(CC(=O)c2cc(C(C)(C)C)c(O)c(C(C)(C)C)c2)C(=N)C1c1ccc(OCCCO)cc1. The van der Waals surface area contributed by atoms with Crippen LogP contribution < -0.4 is 4.74 Å². The summed E-state index contributed by atoms with van der Waals surface area (Å²) in [7, 11) is 0. The molecule has 1 aliphatic rings. The predicted octanol–water partition coefficient (Wildman–Crippen LogP) is 6.42. The molecule has 1 fully saturated rings. The summed E-state index contributed by atoms with van der Waals surface area (Å²) in [4.78, 5) is 15.6. The van der Waals surface area contributed by atoms with Crippen LogP contribution in [0.2, 0.25) is 0 Å². The smallest absolute Gasteiger partial charge is 0.182 e. The second-order valence-electron chi connectivity index (χ2n) is 12.6. The largest absolute Gasteiger partial charge is 0.507 e. The van der Waals surface area contributed by atoms with Crippen molar-refractivity contribution >= 4 is 11.6 Å². The molecule has 6 heteroatoms. The molecule has 1 aliphatic heterocycles. The van der Waals surface area contributed by atoms with Gasteiger partial charge in [-0.2, -0.15) is 0 Å². The molecule has 2 aromatic carbocycles. The van der Waals surface area contributed by atoms with E-state index in [1.807, 2.05) is 82.8 Å². The van der Waals surface area contributed by atoms with Gasteiger partial charge in [0.2, 0.25) is 0 Å². The molecule has 0 saturated carbocycles. The van der Waals surface area contributed by atoms with E-state index in [4.69, 9.17) is 15.3 Å². The molecule has 0 aliphatic carbocycles. The number of phenolic OH excluding ortho intramolecular Hbond substituents is 1. The minimum absolute atomic E-state index is 0.0331. The van der Waals surface area contributed by atoms with Crippen molar-refractivity contribution in [2.24, 2.45) is 5.92 Å². The Morgan fingerprint density at radius 3 is 2.13 bits per heavy atom. The fraction of sp³-hybridized carbons (Fsp3) is 0.562. The van der Waals surface area contributed by atoms with Crippen molar-refractivity contribution in [1.29, 1.82) is 5.41 Å². The Hall–Kier alpha value is -2.86. The van der Waals surface area contributed by atoms with Crippen molar-refractivity contribution in [2.45, 2.75) is 84.5 Å². The van der Waals surface area contributed by atoms with Gasteiger partial charge in [-0.15, -0.1) is 0 Å². The molecule has 0 bridgehead atoms. The van der Waals surface area contributed by atoms with Crippen LogP contribution in [0.1, 0.15) is 101 Å². The third-order valence-corrected chi connectivity index (χ3v) is 7.41. The second kappa shape index (κ2) is 11.9. The lowest BCUT2D eigenvalue weighted by molar-refractivity contribution is 0.0963. The zero-order valence-electron chi connectivity index (χ0n) is 24.2. The van der Waals surface area contributed by atoms with Crippen molar-refractivity contribution in [2.75, 3.05) is 26.3 Å². The highest BCUT2D eigenvalue weighted by Crippen LogP contribution is 2.41. The van der Waals surface area contributed by atoms with Crippen LogP contribution in [0, 0.1) is 11.3 Å². The molecule has 2 unspecified atom stereocenters. The first kappa shape index (κ1) is 29.7. The third-order valence-electron chi connectivity index (χ3n) is 7.41. The molecule has 3 N–H and O–H groups in total. The Balaban J connectivity index is 1.86. The average molecular weight is 523 g/mol. The number of benzene rings is 2. The number of carbonyl (C=O) groups excluding carboxylic acids is 1. The fourth-order valence-corrected chi connectivity index (χ4v) is 5.34. The lowest BCUT2D eigenvalue weighted by Crippen LogP contribution is -2.32.